The quantitative estimate of drug-likeness (QED) is 0.730. The molecule has 1 aromatic heterocycles. The number of carbonyl (C=O) groups is 2. The summed E-state index contributed by atoms with van der Waals surface area (Å²) in [5.74, 6) is 0.0170. The number of aromatic nitrogens is 2. The van der Waals surface area contributed by atoms with Crippen LogP contribution in [-0.4, -0.2) is 46.5 Å². The van der Waals surface area contributed by atoms with Crippen LogP contribution in [0.5, 0.6) is 0 Å². The van der Waals surface area contributed by atoms with E-state index in [-0.39, 0.29) is 18.4 Å². The van der Waals surface area contributed by atoms with Crippen LogP contribution in [0.15, 0.2) is 6.20 Å². The van der Waals surface area contributed by atoms with Gasteiger partial charge in [-0.1, -0.05) is 0 Å². The molecule has 6 nitrogen and oxygen atoms in total. The Labute approximate surface area is 112 Å². The number of aromatic amines is 1. The van der Waals surface area contributed by atoms with Gasteiger partial charge in [-0.05, 0) is 31.7 Å². The number of aryl methyl sites for hydroxylation is 2. The van der Waals surface area contributed by atoms with Crippen LogP contribution < -0.4 is 5.32 Å². The molecule has 2 rings (SSSR count). The van der Waals surface area contributed by atoms with Crippen molar-refractivity contribution in [2.75, 3.05) is 19.6 Å². The maximum Gasteiger partial charge on any atom is 0.239 e. The SMILES string of the molecule is Cc1[nH]ncc1CCCNC(=O)CN1CCCC1=O. The summed E-state index contributed by atoms with van der Waals surface area (Å²) in [7, 11) is 0. The Kier molecular flexibility index (Phi) is 4.54. The van der Waals surface area contributed by atoms with E-state index in [0.29, 0.717) is 19.5 Å². The van der Waals surface area contributed by atoms with Crippen LogP contribution in [0.25, 0.3) is 0 Å². The lowest BCUT2D eigenvalue weighted by Crippen LogP contribution is -2.38. The number of hydrogen-bond donors (Lipinski definition) is 2. The van der Waals surface area contributed by atoms with E-state index in [0.717, 1.165) is 25.0 Å². The van der Waals surface area contributed by atoms with Gasteiger partial charge in [-0.25, -0.2) is 0 Å². The monoisotopic (exact) mass is 264 g/mol. The third kappa shape index (κ3) is 3.81. The predicted molar refractivity (Wildman–Crippen MR) is 70.5 cm³/mol. The van der Waals surface area contributed by atoms with Crippen molar-refractivity contribution >= 4 is 11.8 Å². The minimum absolute atomic E-state index is 0.0702. The smallest absolute Gasteiger partial charge is 0.239 e. The molecule has 0 atom stereocenters. The molecule has 1 aliphatic heterocycles. The van der Waals surface area contributed by atoms with Crippen molar-refractivity contribution in [3.8, 4) is 0 Å². The Bertz CT molecular complexity index is 455. The predicted octanol–water partition coefficient (Wildman–Crippen LogP) is 0.389. The largest absolute Gasteiger partial charge is 0.355 e. The minimum Gasteiger partial charge on any atom is -0.355 e. The molecular formula is C13H20N4O2. The van der Waals surface area contributed by atoms with Crippen LogP contribution in [0.3, 0.4) is 0 Å². The standard InChI is InChI=1S/C13H20N4O2/c1-10-11(8-15-16-10)4-2-6-14-12(18)9-17-7-3-5-13(17)19/h8H,2-7,9H2,1H3,(H,14,18)(H,15,16). The number of rotatable bonds is 6. The van der Waals surface area contributed by atoms with Crippen molar-refractivity contribution in [3.63, 3.8) is 0 Å². The van der Waals surface area contributed by atoms with Crippen molar-refractivity contribution in [2.24, 2.45) is 0 Å². The van der Waals surface area contributed by atoms with Gasteiger partial charge in [-0.3, -0.25) is 14.7 Å². The highest BCUT2D eigenvalue weighted by atomic mass is 16.2. The number of amides is 2. The van der Waals surface area contributed by atoms with E-state index in [2.05, 4.69) is 15.5 Å². The van der Waals surface area contributed by atoms with Gasteiger partial charge >= 0.3 is 0 Å². The molecule has 0 spiro atoms. The van der Waals surface area contributed by atoms with Crippen LogP contribution >= 0.6 is 0 Å². The molecule has 1 aromatic rings. The summed E-state index contributed by atoms with van der Waals surface area (Å²) in [4.78, 5) is 24.6. The normalized spacial score (nSPS) is 15.0. The van der Waals surface area contributed by atoms with Gasteiger partial charge in [0.1, 0.15) is 0 Å². The van der Waals surface area contributed by atoms with E-state index in [1.807, 2.05) is 13.1 Å². The lowest BCUT2D eigenvalue weighted by molar-refractivity contribution is -0.133. The van der Waals surface area contributed by atoms with Crippen LogP contribution in [0, 0.1) is 6.92 Å². The fourth-order valence-electron chi connectivity index (χ4n) is 2.23. The van der Waals surface area contributed by atoms with Crippen molar-refractivity contribution in [2.45, 2.75) is 32.6 Å². The van der Waals surface area contributed by atoms with Crippen molar-refractivity contribution < 1.29 is 9.59 Å². The van der Waals surface area contributed by atoms with E-state index in [9.17, 15) is 9.59 Å². The molecule has 0 bridgehead atoms. The van der Waals surface area contributed by atoms with Crippen LogP contribution in [0.2, 0.25) is 0 Å². The van der Waals surface area contributed by atoms with Crippen LogP contribution in [0.4, 0.5) is 0 Å². The second-order valence-corrected chi connectivity index (χ2v) is 4.89. The third-order valence-electron chi connectivity index (χ3n) is 3.39. The van der Waals surface area contributed by atoms with Crippen LogP contribution in [0.1, 0.15) is 30.5 Å². The summed E-state index contributed by atoms with van der Waals surface area (Å²) < 4.78 is 0. The average Bonchev–Trinajstić information content (AvgIpc) is 2.95. The summed E-state index contributed by atoms with van der Waals surface area (Å²) in [6.07, 6.45) is 5.03. The topological polar surface area (TPSA) is 78.1 Å². The zero-order valence-electron chi connectivity index (χ0n) is 11.2. The van der Waals surface area contributed by atoms with Gasteiger partial charge in [0.15, 0.2) is 0 Å². The summed E-state index contributed by atoms with van der Waals surface area (Å²) in [6, 6.07) is 0. The first-order valence-electron chi connectivity index (χ1n) is 6.70. The number of H-pyrrole nitrogens is 1. The molecule has 0 radical (unpaired) electrons. The third-order valence-corrected chi connectivity index (χ3v) is 3.39. The molecule has 19 heavy (non-hydrogen) atoms. The summed E-state index contributed by atoms with van der Waals surface area (Å²) in [5.41, 5.74) is 2.26. The molecule has 6 heteroatoms. The van der Waals surface area contributed by atoms with Gasteiger partial charge in [0, 0.05) is 25.2 Å². The van der Waals surface area contributed by atoms with E-state index >= 15 is 0 Å². The molecule has 0 aliphatic carbocycles. The van der Waals surface area contributed by atoms with E-state index < -0.39 is 0 Å². The molecule has 1 fully saturated rings. The lowest BCUT2D eigenvalue weighted by atomic mass is 10.1. The first-order valence-corrected chi connectivity index (χ1v) is 6.70. The molecule has 2 amide bonds. The summed E-state index contributed by atoms with van der Waals surface area (Å²) in [5, 5.41) is 9.69. The van der Waals surface area contributed by atoms with E-state index in [1.54, 1.807) is 4.90 Å². The molecule has 0 unspecified atom stereocenters. The van der Waals surface area contributed by atoms with Crippen LogP contribution in [-0.2, 0) is 16.0 Å². The Hall–Kier alpha value is -1.85. The number of likely N-dealkylation sites (tertiary alicyclic amines) is 1. The van der Waals surface area contributed by atoms with Gasteiger partial charge in [-0.15, -0.1) is 0 Å². The van der Waals surface area contributed by atoms with Gasteiger partial charge in [0.25, 0.3) is 0 Å². The van der Waals surface area contributed by atoms with Crippen molar-refractivity contribution in [1.29, 1.82) is 0 Å². The number of hydrogen-bond acceptors (Lipinski definition) is 3. The number of carbonyl (C=O) groups excluding carboxylic acids is 2. The fraction of sp³-hybridized carbons (Fsp3) is 0.615. The van der Waals surface area contributed by atoms with E-state index in [1.165, 1.54) is 5.56 Å². The maximum atomic E-state index is 11.6. The summed E-state index contributed by atoms with van der Waals surface area (Å²) >= 11 is 0. The van der Waals surface area contributed by atoms with Crippen molar-refractivity contribution in [3.05, 3.63) is 17.5 Å². The van der Waals surface area contributed by atoms with Gasteiger partial charge < -0.3 is 10.2 Å². The molecule has 0 saturated carbocycles. The minimum atomic E-state index is -0.0702. The zero-order chi connectivity index (χ0) is 13.7. The molecule has 1 saturated heterocycles. The first-order chi connectivity index (χ1) is 9.16. The number of nitrogens with zero attached hydrogens (tertiary/aromatic N) is 2. The number of nitrogens with one attached hydrogen (secondary N) is 2. The highest BCUT2D eigenvalue weighted by molar-refractivity contribution is 5.85. The first kappa shape index (κ1) is 13.6. The highest BCUT2D eigenvalue weighted by Crippen LogP contribution is 2.08. The maximum absolute atomic E-state index is 11.6. The average molecular weight is 264 g/mol. The second kappa shape index (κ2) is 6.36. The Morgan fingerprint density at radius 3 is 3.05 bits per heavy atom. The van der Waals surface area contributed by atoms with Crippen molar-refractivity contribution in [1.82, 2.24) is 20.4 Å². The van der Waals surface area contributed by atoms with Gasteiger partial charge in [0.05, 0.1) is 12.7 Å². The van der Waals surface area contributed by atoms with Gasteiger partial charge in [-0.2, -0.15) is 5.10 Å². The molecule has 0 aromatic carbocycles. The second-order valence-electron chi connectivity index (χ2n) is 4.89. The van der Waals surface area contributed by atoms with Gasteiger partial charge in [0.2, 0.25) is 11.8 Å². The molecule has 1 aliphatic rings. The Balaban J connectivity index is 1.61. The highest BCUT2D eigenvalue weighted by Gasteiger charge is 2.21. The molecule has 2 N–H and O–H groups in total. The molecular weight excluding hydrogens is 244 g/mol. The lowest BCUT2D eigenvalue weighted by Gasteiger charge is -2.14. The molecule has 2 heterocycles. The Morgan fingerprint density at radius 1 is 1.58 bits per heavy atom. The zero-order valence-corrected chi connectivity index (χ0v) is 11.2. The Morgan fingerprint density at radius 2 is 2.42 bits per heavy atom. The summed E-state index contributed by atoms with van der Waals surface area (Å²) in [6.45, 7) is 3.52. The molecule has 104 valence electrons. The van der Waals surface area contributed by atoms with E-state index in [4.69, 9.17) is 0 Å². The fourth-order valence-corrected chi connectivity index (χ4v) is 2.23.